The van der Waals surface area contributed by atoms with E-state index in [4.69, 9.17) is 0 Å². The first-order valence-electron chi connectivity index (χ1n) is 10.9. The molecule has 0 atom stereocenters. The Morgan fingerprint density at radius 3 is 2.57 bits per heavy atom. The van der Waals surface area contributed by atoms with Crippen LogP contribution in [0.4, 0.5) is 29.1 Å². The van der Waals surface area contributed by atoms with Crippen LogP contribution in [-0.2, 0) is 32.7 Å². The largest absolute Gasteiger partial charge is 0.493 e. The number of rotatable bonds is 9. The first kappa shape index (κ1) is 26.8. The number of nitrogens with one attached hydrogen (secondary N) is 1. The predicted octanol–water partition coefficient (Wildman–Crippen LogP) is 4.02. The highest BCUT2D eigenvalue weighted by Gasteiger charge is 2.45. The van der Waals surface area contributed by atoms with Crippen molar-refractivity contribution in [3.8, 4) is 0 Å². The molecule has 9 nitrogen and oxygen atoms in total. The minimum Gasteiger partial charge on any atom is -0.379 e. The van der Waals surface area contributed by atoms with Crippen molar-refractivity contribution in [3.63, 3.8) is 0 Å². The summed E-state index contributed by atoms with van der Waals surface area (Å²) in [6, 6.07) is 8.28. The fraction of sp³-hybridized carbons (Fsp3) is 0.318. The number of likely N-dealkylation sites (tertiary alicyclic amines) is 1. The molecule has 1 aromatic carbocycles. The fourth-order valence-electron chi connectivity index (χ4n) is 3.51. The molecular formula is C22H21F4N5O4S2. The van der Waals surface area contributed by atoms with Gasteiger partial charge in [0.1, 0.15) is 5.82 Å². The summed E-state index contributed by atoms with van der Waals surface area (Å²) in [6.07, 6.45) is -4.35. The third-order valence-electron chi connectivity index (χ3n) is 5.57. The van der Waals surface area contributed by atoms with Crippen molar-refractivity contribution < 1.29 is 35.6 Å². The van der Waals surface area contributed by atoms with Crippen LogP contribution in [0.3, 0.4) is 0 Å². The number of carbonyl (C=O) groups is 1. The Kier molecular flexibility index (Phi) is 7.66. The van der Waals surface area contributed by atoms with Gasteiger partial charge in [-0.3, -0.25) is 4.90 Å². The summed E-state index contributed by atoms with van der Waals surface area (Å²) in [5, 5.41) is 3.65. The van der Waals surface area contributed by atoms with Gasteiger partial charge < -0.3 is 10.2 Å². The van der Waals surface area contributed by atoms with E-state index < -0.39 is 33.0 Å². The molecule has 2 aromatic heterocycles. The van der Waals surface area contributed by atoms with Gasteiger partial charge in [0.15, 0.2) is 10.8 Å². The minimum atomic E-state index is -5.44. The molecule has 15 heteroatoms. The molecule has 3 heterocycles. The van der Waals surface area contributed by atoms with Gasteiger partial charge in [0.25, 0.3) is 0 Å². The van der Waals surface area contributed by atoms with Crippen LogP contribution in [0.1, 0.15) is 23.2 Å². The second kappa shape index (κ2) is 10.6. The van der Waals surface area contributed by atoms with Gasteiger partial charge in [-0.1, -0.05) is 16.6 Å². The molecule has 37 heavy (non-hydrogen) atoms. The van der Waals surface area contributed by atoms with Crippen molar-refractivity contribution >= 4 is 39.0 Å². The number of alkyl halides is 3. The fourth-order valence-corrected chi connectivity index (χ4v) is 5.23. The van der Waals surface area contributed by atoms with Gasteiger partial charge in [0.05, 0.1) is 11.4 Å². The van der Waals surface area contributed by atoms with Crippen LogP contribution < -0.4 is 9.79 Å². The van der Waals surface area contributed by atoms with E-state index in [1.54, 1.807) is 6.07 Å². The van der Waals surface area contributed by atoms with Crippen LogP contribution >= 0.6 is 11.5 Å². The summed E-state index contributed by atoms with van der Waals surface area (Å²) < 4.78 is 82.5. The molecule has 0 saturated carbocycles. The van der Waals surface area contributed by atoms with Crippen molar-refractivity contribution in [1.82, 2.24) is 14.3 Å². The van der Waals surface area contributed by atoms with Crippen LogP contribution in [0.2, 0.25) is 0 Å². The lowest BCUT2D eigenvalue weighted by Crippen LogP contribution is -2.39. The van der Waals surface area contributed by atoms with Gasteiger partial charge in [-0.2, -0.15) is 26.0 Å². The maximum Gasteiger partial charge on any atom is 0.493 e. The molecule has 3 aromatic rings. The number of sulfonamides is 1. The van der Waals surface area contributed by atoms with E-state index in [9.17, 15) is 30.8 Å². The second-order valence-electron chi connectivity index (χ2n) is 8.11. The summed E-state index contributed by atoms with van der Waals surface area (Å²) in [5.74, 6) is -3.67. The third kappa shape index (κ3) is 5.99. The SMILES string of the molecule is Cc1nc(S(=O)(=O)N(OC(=O)C(F)(F)F)c2ccsn2)ccc1NCc1c(F)cccc1CN1CCC1. The molecule has 1 N–H and O–H groups in total. The third-order valence-corrected chi connectivity index (χ3v) is 7.57. The van der Waals surface area contributed by atoms with Gasteiger partial charge in [-0.15, -0.1) is 0 Å². The van der Waals surface area contributed by atoms with E-state index in [0.717, 1.165) is 48.7 Å². The lowest BCUT2D eigenvalue weighted by Gasteiger charge is -2.31. The van der Waals surface area contributed by atoms with E-state index in [1.165, 1.54) is 24.4 Å². The lowest BCUT2D eigenvalue weighted by molar-refractivity contribution is -0.199. The highest BCUT2D eigenvalue weighted by atomic mass is 32.2. The molecule has 1 aliphatic heterocycles. The predicted molar refractivity (Wildman–Crippen MR) is 127 cm³/mol. The van der Waals surface area contributed by atoms with Crippen molar-refractivity contribution in [2.45, 2.75) is 37.6 Å². The number of hydrogen-bond acceptors (Lipinski definition) is 9. The maximum atomic E-state index is 14.6. The van der Waals surface area contributed by atoms with Crippen molar-refractivity contribution in [2.24, 2.45) is 0 Å². The van der Waals surface area contributed by atoms with Gasteiger partial charge in [-0.25, -0.2) is 14.2 Å². The number of nitrogens with zero attached hydrogens (tertiary/aromatic N) is 4. The second-order valence-corrected chi connectivity index (χ2v) is 10.5. The molecule has 1 saturated heterocycles. The minimum absolute atomic E-state index is 0.0958. The summed E-state index contributed by atoms with van der Waals surface area (Å²) in [5.41, 5.74) is 1.83. The van der Waals surface area contributed by atoms with Crippen molar-refractivity contribution in [1.29, 1.82) is 0 Å². The quantitative estimate of drug-likeness (QED) is 0.310. The number of anilines is 2. The van der Waals surface area contributed by atoms with Gasteiger partial charge in [0.2, 0.25) is 0 Å². The smallest absolute Gasteiger partial charge is 0.379 e. The number of aromatic nitrogens is 2. The molecule has 0 radical (unpaired) electrons. The van der Waals surface area contributed by atoms with Gasteiger partial charge in [-0.05, 0) is 67.8 Å². The molecule has 4 rings (SSSR count). The Labute approximate surface area is 213 Å². The summed E-state index contributed by atoms with van der Waals surface area (Å²) in [7, 11) is -4.88. The Morgan fingerprint density at radius 2 is 1.97 bits per heavy atom. The van der Waals surface area contributed by atoms with Crippen LogP contribution in [-0.4, -0.2) is 47.9 Å². The number of pyridine rings is 1. The lowest BCUT2D eigenvalue weighted by atomic mass is 10.0. The Bertz CT molecular complexity index is 1380. The Hall–Kier alpha value is -3.30. The first-order chi connectivity index (χ1) is 17.5. The first-order valence-corrected chi connectivity index (χ1v) is 13.2. The number of halogens is 4. The van der Waals surface area contributed by atoms with Crippen LogP contribution in [0.25, 0.3) is 0 Å². The number of benzene rings is 1. The van der Waals surface area contributed by atoms with E-state index in [1.807, 2.05) is 6.07 Å². The average Bonchev–Trinajstić information content (AvgIpc) is 3.33. The van der Waals surface area contributed by atoms with E-state index in [0.29, 0.717) is 17.8 Å². The molecule has 198 valence electrons. The number of hydrogen-bond donors (Lipinski definition) is 1. The van der Waals surface area contributed by atoms with E-state index >= 15 is 0 Å². The summed E-state index contributed by atoms with van der Waals surface area (Å²) >= 11 is 0.742. The van der Waals surface area contributed by atoms with Gasteiger partial charge >= 0.3 is 22.2 Å². The normalized spacial score (nSPS) is 14.2. The zero-order chi connectivity index (χ0) is 26.8. The maximum absolute atomic E-state index is 14.6. The van der Waals surface area contributed by atoms with Crippen molar-refractivity contribution in [2.75, 3.05) is 22.9 Å². The summed E-state index contributed by atoms with van der Waals surface area (Å²) in [6.45, 7) is 4.06. The molecule has 0 unspecified atom stereocenters. The molecular weight excluding hydrogens is 538 g/mol. The van der Waals surface area contributed by atoms with Crippen LogP contribution in [0.15, 0.2) is 46.8 Å². The van der Waals surface area contributed by atoms with Crippen molar-refractivity contribution in [3.05, 3.63) is 64.4 Å². The topological polar surface area (TPSA) is 105 Å². The highest BCUT2D eigenvalue weighted by molar-refractivity contribution is 7.92. The van der Waals surface area contributed by atoms with Crippen LogP contribution in [0, 0.1) is 12.7 Å². The Morgan fingerprint density at radius 1 is 1.22 bits per heavy atom. The van der Waals surface area contributed by atoms with Gasteiger partial charge in [0, 0.05) is 24.0 Å². The Balaban J connectivity index is 1.56. The standard InChI is InChI=1S/C22H21F4N5O4S2/c1-14-18(27-12-16-15(4-2-5-17(16)23)13-30-9-3-10-30)6-7-20(28-14)37(33,34)31(19-8-11-36-29-19)35-21(32)22(24,25)26/h2,4-8,11,27H,3,9-10,12-13H2,1H3. The molecule has 0 amide bonds. The monoisotopic (exact) mass is 559 g/mol. The zero-order valence-electron chi connectivity index (χ0n) is 19.3. The highest BCUT2D eigenvalue weighted by Crippen LogP contribution is 2.28. The zero-order valence-corrected chi connectivity index (χ0v) is 21.0. The number of carbonyl (C=O) groups excluding carboxylic acids is 1. The summed E-state index contributed by atoms with van der Waals surface area (Å²) in [4.78, 5) is 21.7. The molecule has 1 aliphatic rings. The number of aryl methyl sites for hydroxylation is 1. The average molecular weight is 560 g/mol. The molecule has 1 fully saturated rings. The van der Waals surface area contributed by atoms with E-state index in [2.05, 4.69) is 24.4 Å². The molecule has 0 bridgehead atoms. The molecule has 0 spiro atoms. The van der Waals surface area contributed by atoms with Crippen LogP contribution in [0.5, 0.6) is 0 Å². The van der Waals surface area contributed by atoms with E-state index in [-0.39, 0.29) is 22.5 Å². The molecule has 0 aliphatic carbocycles.